The second-order valence-corrected chi connectivity index (χ2v) is 13.4. The molecule has 0 aliphatic heterocycles. The number of alkyl halides is 5. The molecule has 0 amide bonds. The zero-order valence-corrected chi connectivity index (χ0v) is 25.1. The van der Waals surface area contributed by atoms with Crippen molar-refractivity contribution in [3.63, 3.8) is 0 Å². The van der Waals surface area contributed by atoms with Crippen LogP contribution in [-0.2, 0) is 11.3 Å². The Kier molecular flexibility index (Phi) is 7.54. The van der Waals surface area contributed by atoms with Gasteiger partial charge in [-0.1, -0.05) is 36.8 Å². The minimum absolute atomic E-state index is 0.0368. The predicted molar refractivity (Wildman–Crippen MR) is 158 cm³/mol. The number of allylic oxidation sites excluding steroid dienone is 4. The quantitative estimate of drug-likeness (QED) is 0.281. The van der Waals surface area contributed by atoms with Crippen molar-refractivity contribution in [2.24, 2.45) is 17.3 Å². The van der Waals surface area contributed by atoms with E-state index in [2.05, 4.69) is 5.32 Å². The van der Waals surface area contributed by atoms with Gasteiger partial charge < -0.3 is 15.5 Å². The number of carbonyl (C=O) groups excluding carboxylic acids is 1. The van der Waals surface area contributed by atoms with E-state index in [0.717, 1.165) is 33.5 Å². The molecule has 3 N–H and O–H groups in total. The minimum atomic E-state index is -5.89. The molecule has 45 heavy (non-hydrogen) atoms. The van der Waals surface area contributed by atoms with Crippen LogP contribution in [0.2, 0.25) is 0 Å². The number of carbonyl (C=O) groups is 2. The molecule has 2 saturated carbocycles. The maximum Gasteiger partial charge on any atom is 0.456 e. The first-order chi connectivity index (χ1) is 21.1. The summed E-state index contributed by atoms with van der Waals surface area (Å²) in [6, 6.07) is 12.5. The standard InChI is InChI=1S/C35H36F5NO4/c1-19-15-23(8-11-25(19)31(43)44)41-18-20-3-5-21(6-4-20)28-17-32(2)29(13-14-33(32,45)34(36,37)35(38,39)40)27-10-7-22-16-24(42)9-12-26(22)30(27)28/h3-6,8,11,15-16,27-29,41,45H,7,9-10,12-14,17-18H2,1-2H3,(H,43,44)/t27-,28+,29-,32-,33-/m0/s1. The molecule has 2 fully saturated rings. The number of fused-ring (bicyclic) bond motifs is 4. The summed E-state index contributed by atoms with van der Waals surface area (Å²) in [7, 11) is 0. The summed E-state index contributed by atoms with van der Waals surface area (Å²) in [6.07, 6.45) is -2.92. The number of hydrogen-bond donors (Lipinski definition) is 3. The lowest BCUT2D eigenvalue weighted by atomic mass is 9.50. The molecule has 2 aromatic rings. The van der Waals surface area contributed by atoms with E-state index >= 15 is 8.78 Å². The molecular weight excluding hydrogens is 593 g/mol. The van der Waals surface area contributed by atoms with Crippen molar-refractivity contribution in [3.05, 3.63) is 87.5 Å². The molecule has 4 aliphatic rings. The summed E-state index contributed by atoms with van der Waals surface area (Å²) in [6.45, 7) is 3.55. The van der Waals surface area contributed by atoms with Crippen molar-refractivity contribution in [1.82, 2.24) is 0 Å². The largest absolute Gasteiger partial charge is 0.478 e. The van der Waals surface area contributed by atoms with Crippen molar-refractivity contribution in [3.8, 4) is 0 Å². The Bertz CT molecular complexity index is 1610. The number of rotatable bonds is 6. The Morgan fingerprint density at radius 1 is 1.02 bits per heavy atom. The lowest BCUT2D eigenvalue weighted by molar-refractivity contribution is -0.362. The lowest BCUT2D eigenvalue weighted by Crippen LogP contribution is -2.65. The molecule has 0 unspecified atom stereocenters. The van der Waals surface area contributed by atoms with Gasteiger partial charge >= 0.3 is 18.1 Å². The van der Waals surface area contributed by atoms with E-state index < -0.39 is 47.3 Å². The molecule has 4 aliphatic carbocycles. The third-order valence-electron chi connectivity index (χ3n) is 11.1. The number of halogens is 5. The molecule has 240 valence electrons. The van der Waals surface area contributed by atoms with Crippen molar-refractivity contribution in [2.45, 2.75) is 89.0 Å². The summed E-state index contributed by atoms with van der Waals surface area (Å²) < 4.78 is 71.8. The van der Waals surface area contributed by atoms with Gasteiger partial charge in [-0.25, -0.2) is 4.79 Å². The summed E-state index contributed by atoms with van der Waals surface area (Å²) in [5.74, 6) is -7.56. The molecule has 2 aromatic carbocycles. The van der Waals surface area contributed by atoms with E-state index in [1.165, 1.54) is 13.0 Å². The Hall–Kier alpha value is -3.53. The van der Waals surface area contributed by atoms with E-state index in [4.69, 9.17) is 0 Å². The van der Waals surface area contributed by atoms with Gasteiger partial charge in [0.05, 0.1) is 5.56 Å². The average Bonchev–Trinajstić information content (AvgIpc) is 3.26. The number of carboxylic acids is 1. The molecule has 0 aromatic heterocycles. The van der Waals surface area contributed by atoms with Crippen LogP contribution in [0.3, 0.4) is 0 Å². The number of aryl methyl sites for hydroxylation is 1. The first-order valence-electron chi connectivity index (χ1n) is 15.4. The first-order valence-corrected chi connectivity index (χ1v) is 15.4. The van der Waals surface area contributed by atoms with Gasteiger partial charge in [-0.2, -0.15) is 22.0 Å². The Morgan fingerprint density at radius 3 is 2.38 bits per heavy atom. The van der Waals surface area contributed by atoms with Crippen LogP contribution in [0.25, 0.3) is 0 Å². The molecular formula is C35H36F5NO4. The third-order valence-corrected chi connectivity index (χ3v) is 11.1. The third kappa shape index (κ3) is 4.91. The summed E-state index contributed by atoms with van der Waals surface area (Å²) in [5, 5.41) is 24.0. The van der Waals surface area contributed by atoms with Crippen molar-refractivity contribution in [1.29, 1.82) is 0 Å². The van der Waals surface area contributed by atoms with E-state index in [9.17, 15) is 33.0 Å². The topological polar surface area (TPSA) is 86.6 Å². The van der Waals surface area contributed by atoms with Gasteiger partial charge in [-0.05, 0) is 109 Å². The zero-order chi connectivity index (χ0) is 32.5. The molecule has 0 spiro atoms. The average molecular weight is 630 g/mol. The number of nitrogens with one attached hydrogen (secondary N) is 1. The lowest BCUT2D eigenvalue weighted by Gasteiger charge is -2.56. The normalized spacial score (nSPS) is 29.9. The molecule has 0 radical (unpaired) electrons. The summed E-state index contributed by atoms with van der Waals surface area (Å²) in [4.78, 5) is 23.6. The highest BCUT2D eigenvalue weighted by Crippen LogP contribution is 2.70. The van der Waals surface area contributed by atoms with Crippen LogP contribution in [0.1, 0.15) is 84.8 Å². The second kappa shape index (κ2) is 10.8. The van der Waals surface area contributed by atoms with Gasteiger partial charge in [0.2, 0.25) is 0 Å². The Morgan fingerprint density at radius 2 is 1.73 bits per heavy atom. The van der Waals surface area contributed by atoms with Crippen LogP contribution >= 0.6 is 0 Å². The Labute approximate surface area is 258 Å². The molecule has 0 bridgehead atoms. The molecule has 5 atom stereocenters. The summed E-state index contributed by atoms with van der Waals surface area (Å²) >= 11 is 0. The van der Waals surface area contributed by atoms with Gasteiger partial charge in [-0.15, -0.1) is 0 Å². The van der Waals surface area contributed by atoms with E-state index in [1.54, 1.807) is 25.1 Å². The zero-order valence-electron chi connectivity index (χ0n) is 25.1. The van der Waals surface area contributed by atoms with Gasteiger partial charge in [0.15, 0.2) is 5.78 Å². The van der Waals surface area contributed by atoms with Crippen molar-refractivity contribution in [2.75, 3.05) is 5.32 Å². The number of aliphatic hydroxyl groups is 1. The molecule has 0 saturated heterocycles. The van der Waals surface area contributed by atoms with Gasteiger partial charge in [0, 0.05) is 30.0 Å². The number of ketones is 1. The SMILES string of the molecule is Cc1cc(NCc2ccc([C@H]3C[C@@]4(C)[C@@H](CC[C@@]4(O)C(F)(F)C(F)(F)F)[C@@H]4CCC5=CC(=O)CCC5=C43)cc2)ccc1C(=O)O. The molecule has 6 rings (SSSR count). The second-order valence-electron chi connectivity index (χ2n) is 13.4. The van der Waals surface area contributed by atoms with Gasteiger partial charge in [0.25, 0.3) is 0 Å². The fraction of sp³-hybridized carbons (Fsp3) is 0.486. The van der Waals surface area contributed by atoms with E-state index in [0.29, 0.717) is 37.8 Å². The van der Waals surface area contributed by atoms with Crippen LogP contribution in [0, 0.1) is 24.2 Å². The van der Waals surface area contributed by atoms with E-state index in [-0.39, 0.29) is 30.1 Å². The maximum absolute atomic E-state index is 15.2. The first kappa shape index (κ1) is 31.5. The smallest absolute Gasteiger partial charge is 0.456 e. The van der Waals surface area contributed by atoms with Crippen molar-refractivity contribution < 1.29 is 41.8 Å². The number of benzene rings is 2. The van der Waals surface area contributed by atoms with Crippen LogP contribution in [0.5, 0.6) is 0 Å². The van der Waals surface area contributed by atoms with Crippen LogP contribution in [0.4, 0.5) is 27.6 Å². The minimum Gasteiger partial charge on any atom is -0.478 e. The van der Waals surface area contributed by atoms with Gasteiger partial charge in [0.1, 0.15) is 5.60 Å². The van der Waals surface area contributed by atoms with Crippen LogP contribution < -0.4 is 5.32 Å². The number of carboxylic acid groups (broad SMARTS) is 1. The highest BCUT2D eigenvalue weighted by molar-refractivity contribution is 5.93. The Balaban J connectivity index is 1.35. The monoisotopic (exact) mass is 629 g/mol. The maximum atomic E-state index is 15.2. The summed E-state index contributed by atoms with van der Waals surface area (Å²) in [5.41, 5.74) is 1.29. The fourth-order valence-corrected chi connectivity index (χ4v) is 8.80. The number of anilines is 1. The molecule has 0 heterocycles. The van der Waals surface area contributed by atoms with E-state index in [1.807, 2.05) is 24.3 Å². The molecule has 10 heteroatoms. The molecule has 5 nitrogen and oxygen atoms in total. The highest BCUT2D eigenvalue weighted by atomic mass is 19.4. The van der Waals surface area contributed by atoms with Crippen LogP contribution in [-0.4, -0.2) is 39.7 Å². The van der Waals surface area contributed by atoms with Gasteiger partial charge in [-0.3, -0.25) is 4.79 Å². The number of aromatic carboxylic acids is 1. The number of hydrogen-bond acceptors (Lipinski definition) is 4. The highest BCUT2D eigenvalue weighted by Gasteiger charge is 2.79. The fourth-order valence-electron chi connectivity index (χ4n) is 8.80. The van der Waals surface area contributed by atoms with Crippen molar-refractivity contribution >= 4 is 17.4 Å². The van der Waals surface area contributed by atoms with Crippen LogP contribution in [0.15, 0.2) is 65.3 Å². The predicted octanol–water partition coefficient (Wildman–Crippen LogP) is 8.13.